The fourth-order valence-electron chi connectivity index (χ4n) is 2.14. The lowest BCUT2D eigenvalue weighted by Crippen LogP contribution is -2.33. The van der Waals surface area contributed by atoms with Crippen molar-refractivity contribution in [3.63, 3.8) is 0 Å². The lowest BCUT2D eigenvalue weighted by atomic mass is 10.2. The fourth-order valence-corrected chi connectivity index (χ4v) is 2.14. The molecule has 7 nitrogen and oxygen atoms in total. The molecule has 0 saturated heterocycles. The molecular weight excluding hydrogens is 282 g/mol. The van der Waals surface area contributed by atoms with E-state index in [4.69, 9.17) is 8.94 Å². The Morgan fingerprint density at radius 1 is 1.36 bits per heavy atom. The molecule has 2 atom stereocenters. The standard InChI is InChI=1S/C15H19N5O2/c1-10-6-17-20(8-10)12(3)11(2)16-7-14-18-15(19-22-14)13-4-5-21-9-13/h4-6,8-9,11-12,16H,7H2,1-3H3/t11-,12-/m0/s1. The summed E-state index contributed by atoms with van der Waals surface area (Å²) < 4.78 is 12.2. The molecule has 0 aromatic carbocycles. The van der Waals surface area contributed by atoms with Gasteiger partial charge in [-0.2, -0.15) is 10.1 Å². The Morgan fingerprint density at radius 2 is 2.23 bits per heavy atom. The first-order valence-corrected chi connectivity index (χ1v) is 7.23. The Kier molecular flexibility index (Phi) is 4.06. The number of furan rings is 1. The summed E-state index contributed by atoms with van der Waals surface area (Å²) in [6, 6.07) is 2.24. The van der Waals surface area contributed by atoms with Crippen LogP contribution in [0.2, 0.25) is 0 Å². The smallest absolute Gasteiger partial charge is 0.240 e. The first kappa shape index (κ1) is 14.5. The van der Waals surface area contributed by atoms with Gasteiger partial charge in [0.1, 0.15) is 6.26 Å². The molecule has 0 aliphatic rings. The summed E-state index contributed by atoms with van der Waals surface area (Å²) in [5.41, 5.74) is 1.96. The zero-order valence-electron chi connectivity index (χ0n) is 12.9. The number of aromatic nitrogens is 4. The summed E-state index contributed by atoms with van der Waals surface area (Å²) in [7, 11) is 0. The molecule has 3 rings (SSSR count). The van der Waals surface area contributed by atoms with Crippen LogP contribution in [0.15, 0.2) is 39.9 Å². The van der Waals surface area contributed by atoms with Crippen LogP contribution in [0, 0.1) is 6.92 Å². The number of nitrogens with zero attached hydrogens (tertiary/aromatic N) is 4. The molecule has 3 heterocycles. The zero-order chi connectivity index (χ0) is 15.5. The number of hydrogen-bond acceptors (Lipinski definition) is 6. The van der Waals surface area contributed by atoms with Crippen molar-refractivity contribution >= 4 is 0 Å². The van der Waals surface area contributed by atoms with Crippen LogP contribution in [-0.4, -0.2) is 26.0 Å². The Bertz CT molecular complexity index is 716. The number of nitrogens with one attached hydrogen (secondary N) is 1. The third-order valence-electron chi connectivity index (χ3n) is 3.69. The van der Waals surface area contributed by atoms with Crippen LogP contribution >= 0.6 is 0 Å². The fraction of sp³-hybridized carbons (Fsp3) is 0.400. The third-order valence-corrected chi connectivity index (χ3v) is 3.69. The average molecular weight is 301 g/mol. The summed E-state index contributed by atoms with van der Waals surface area (Å²) in [4.78, 5) is 4.34. The minimum absolute atomic E-state index is 0.212. The number of aryl methyl sites for hydroxylation is 1. The van der Waals surface area contributed by atoms with Crippen LogP contribution in [-0.2, 0) is 6.54 Å². The molecule has 0 saturated carbocycles. The second kappa shape index (κ2) is 6.15. The molecule has 0 radical (unpaired) electrons. The Hall–Kier alpha value is -2.41. The third kappa shape index (κ3) is 3.09. The highest BCUT2D eigenvalue weighted by molar-refractivity contribution is 5.51. The molecule has 3 aromatic heterocycles. The van der Waals surface area contributed by atoms with Crippen molar-refractivity contribution in [2.75, 3.05) is 0 Å². The molecule has 1 N–H and O–H groups in total. The molecule has 7 heteroatoms. The van der Waals surface area contributed by atoms with E-state index in [1.165, 1.54) is 0 Å². The van der Waals surface area contributed by atoms with Gasteiger partial charge in [0.25, 0.3) is 0 Å². The summed E-state index contributed by atoms with van der Waals surface area (Å²) in [5.74, 6) is 1.08. The lowest BCUT2D eigenvalue weighted by molar-refractivity contribution is 0.325. The molecule has 0 spiro atoms. The molecule has 0 aliphatic heterocycles. The summed E-state index contributed by atoms with van der Waals surface area (Å²) in [6.07, 6.45) is 7.07. The minimum Gasteiger partial charge on any atom is -0.472 e. The topological polar surface area (TPSA) is 81.9 Å². The Balaban J connectivity index is 1.58. The van der Waals surface area contributed by atoms with Gasteiger partial charge in [0.15, 0.2) is 0 Å². The molecule has 0 aliphatic carbocycles. The highest BCUT2D eigenvalue weighted by Crippen LogP contribution is 2.16. The van der Waals surface area contributed by atoms with E-state index in [1.54, 1.807) is 18.6 Å². The van der Waals surface area contributed by atoms with E-state index in [2.05, 4.69) is 34.4 Å². The van der Waals surface area contributed by atoms with E-state index in [0.717, 1.165) is 11.1 Å². The van der Waals surface area contributed by atoms with Crippen LogP contribution < -0.4 is 5.32 Å². The summed E-state index contributed by atoms with van der Waals surface area (Å²) in [5, 5.41) is 11.7. The largest absolute Gasteiger partial charge is 0.472 e. The maximum absolute atomic E-state index is 5.24. The monoisotopic (exact) mass is 301 g/mol. The quantitative estimate of drug-likeness (QED) is 0.753. The van der Waals surface area contributed by atoms with E-state index >= 15 is 0 Å². The van der Waals surface area contributed by atoms with Crippen molar-refractivity contribution in [2.45, 2.75) is 39.4 Å². The predicted molar refractivity (Wildman–Crippen MR) is 80.0 cm³/mol. The van der Waals surface area contributed by atoms with Gasteiger partial charge in [-0.3, -0.25) is 4.68 Å². The highest BCUT2D eigenvalue weighted by Gasteiger charge is 2.16. The van der Waals surface area contributed by atoms with Gasteiger partial charge in [-0.05, 0) is 32.4 Å². The Labute approximate surface area is 128 Å². The van der Waals surface area contributed by atoms with Crippen LogP contribution in [0.5, 0.6) is 0 Å². The van der Waals surface area contributed by atoms with Crippen LogP contribution in [0.1, 0.15) is 31.3 Å². The van der Waals surface area contributed by atoms with Gasteiger partial charge >= 0.3 is 0 Å². The highest BCUT2D eigenvalue weighted by atomic mass is 16.5. The second-order valence-corrected chi connectivity index (χ2v) is 5.43. The maximum atomic E-state index is 5.24. The predicted octanol–water partition coefficient (Wildman–Crippen LogP) is 2.57. The van der Waals surface area contributed by atoms with Crippen molar-refractivity contribution < 1.29 is 8.94 Å². The molecule has 22 heavy (non-hydrogen) atoms. The molecule has 0 bridgehead atoms. The molecular formula is C15H19N5O2. The van der Waals surface area contributed by atoms with Gasteiger partial charge in [0.2, 0.25) is 11.7 Å². The van der Waals surface area contributed by atoms with Gasteiger partial charge in [-0.15, -0.1) is 0 Å². The van der Waals surface area contributed by atoms with E-state index in [1.807, 2.05) is 24.0 Å². The summed E-state index contributed by atoms with van der Waals surface area (Å²) in [6.45, 7) is 6.77. The van der Waals surface area contributed by atoms with Gasteiger partial charge in [0.05, 0.1) is 30.6 Å². The van der Waals surface area contributed by atoms with Gasteiger partial charge in [-0.1, -0.05) is 5.16 Å². The van der Waals surface area contributed by atoms with E-state index in [9.17, 15) is 0 Å². The van der Waals surface area contributed by atoms with Crippen LogP contribution in [0.3, 0.4) is 0 Å². The minimum atomic E-state index is 0.212. The normalized spacial score (nSPS) is 14.1. The van der Waals surface area contributed by atoms with Crippen molar-refractivity contribution in [1.82, 2.24) is 25.2 Å². The zero-order valence-corrected chi connectivity index (χ0v) is 12.9. The molecule has 0 amide bonds. The van der Waals surface area contributed by atoms with E-state index in [-0.39, 0.29) is 12.1 Å². The summed E-state index contributed by atoms with van der Waals surface area (Å²) >= 11 is 0. The first-order chi connectivity index (χ1) is 10.6. The number of hydrogen-bond donors (Lipinski definition) is 1. The molecule has 0 fully saturated rings. The lowest BCUT2D eigenvalue weighted by Gasteiger charge is -2.20. The van der Waals surface area contributed by atoms with Gasteiger partial charge < -0.3 is 14.3 Å². The van der Waals surface area contributed by atoms with E-state index < -0.39 is 0 Å². The van der Waals surface area contributed by atoms with Crippen molar-refractivity contribution in [3.05, 3.63) is 42.4 Å². The van der Waals surface area contributed by atoms with Gasteiger partial charge in [0, 0.05) is 12.2 Å². The molecule has 116 valence electrons. The van der Waals surface area contributed by atoms with E-state index in [0.29, 0.717) is 18.3 Å². The molecule has 3 aromatic rings. The second-order valence-electron chi connectivity index (χ2n) is 5.43. The first-order valence-electron chi connectivity index (χ1n) is 7.23. The van der Waals surface area contributed by atoms with Crippen molar-refractivity contribution in [1.29, 1.82) is 0 Å². The van der Waals surface area contributed by atoms with Gasteiger partial charge in [-0.25, -0.2) is 0 Å². The average Bonchev–Trinajstić information content (AvgIpc) is 3.24. The maximum Gasteiger partial charge on any atom is 0.240 e. The van der Waals surface area contributed by atoms with Crippen LogP contribution in [0.25, 0.3) is 11.4 Å². The number of rotatable bonds is 6. The van der Waals surface area contributed by atoms with Crippen molar-refractivity contribution in [3.8, 4) is 11.4 Å². The SMILES string of the molecule is Cc1cnn([C@@H](C)[C@H](C)NCc2nc(-c3ccoc3)no2)c1. The molecule has 0 unspecified atom stereocenters. The van der Waals surface area contributed by atoms with Crippen molar-refractivity contribution in [2.24, 2.45) is 0 Å². The Morgan fingerprint density at radius 3 is 2.91 bits per heavy atom. The van der Waals surface area contributed by atoms with Crippen LogP contribution in [0.4, 0.5) is 0 Å².